The molecule has 42 heavy (non-hydrogen) atoms. The van der Waals surface area contributed by atoms with Gasteiger partial charge in [0.05, 0.1) is 6.61 Å². The fraction of sp³-hybridized carbons (Fsp3) is 0.946. The Labute approximate surface area is 261 Å². The SMILES string of the molecule is CCCCCCCCCCCCCCCCCCC(=O)OC[C@H](CO)OC(=O)CCCCCCCCCCCCCC. The van der Waals surface area contributed by atoms with Crippen LogP contribution in [0, 0.1) is 0 Å². The van der Waals surface area contributed by atoms with Crippen LogP contribution in [0.5, 0.6) is 0 Å². The highest BCUT2D eigenvalue weighted by molar-refractivity contribution is 5.70. The van der Waals surface area contributed by atoms with Crippen LogP contribution in [-0.2, 0) is 19.1 Å². The van der Waals surface area contributed by atoms with Crippen LogP contribution in [0.1, 0.15) is 206 Å². The molecular formula is C37H72O5. The largest absolute Gasteiger partial charge is 0.462 e. The molecule has 0 saturated heterocycles. The van der Waals surface area contributed by atoms with Crippen LogP contribution in [0.15, 0.2) is 0 Å². The van der Waals surface area contributed by atoms with E-state index < -0.39 is 6.10 Å². The Hall–Kier alpha value is -1.10. The Kier molecular flexibility index (Phi) is 33.5. The molecule has 0 rings (SSSR count). The van der Waals surface area contributed by atoms with Crippen molar-refractivity contribution >= 4 is 11.9 Å². The molecule has 0 aliphatic heterocycles. The average molecular weight is 597 g/mol. The van der Waals surface area contributed by atoms with Crippen molar-refractivity contribution in [2.75, 3.05) is 13.2 Å². The molecule has 0 heterocycles. The van der Waals surface area contributed by atoms with Gasteiger partial charge in [0, 0.05) is 12.8 Å². The third-order valence-electron chi connectivity index (χ3n) is 8.40. The second-order valence-corrected chi connectivity index (χ2v) is 12.7. The van der Waals surface area contributed by atoms with Crippen LogP contribution in [-0.4, -0.2) is 36.4 Å². The molecule has 0 radical (unpaired) electrons. The van der Waals surface area contributed by atoms with Crippen LogP contribution in [0.4, 0.5) is 0 Å². The molecule has 0 fully saturated rings. The van der Waals surface area contributed by atoms with E-state index in [0.717, 1.165) is 32.1 Å². The molecule has 0 unspecified atom stereocenters. The van der Waals surface area contributed by atoms with Crippen molar-refractivity contribution in [2.24, 2.45) is 0 Å². The lowest BCUT2D eigenvalue weighted by Crippen LogP contribution is -2.28. The van der Waals surface area contributed by atoms with Crippen LogP contribution in [0.3, 0.4) is 0 Å². The molecule has 0 bridgehead atoms. The van der Waals surface area contributed by atoms with Crippen LogP contribution in [0.25, 0.3) is 0 Å². The number of rotatable bonds is 34. The third-order valence-corrected chi connectivity index (χ3v) is 8.40. The second-order valence-electron chi connectivity index (χ2n) is 12.7. The van der Waals surface area contributed by atoms with E-state index in [-0.39, 0.29) is 25.2 Å². The summed E-state index contributed by atoms with van der Waals surface area (Å²) in [6, 6.07) is 0. The van der Waals surface area contributed by atoms with Gasteiger partial charge in [-0.15, -0.1) is 0 Å². The van der Waals surface area contributed by atoms with Gasteiger partial charge in [-0.05, 0) is 12.8 Å². The summed E-state index contributed by atoms with van der Waals surface area (Å²) in [7, 11) is 0. The van der Waals surface area contributed by atoms with Crippen LogP contribution in [0.2, 0.25) is 0 Å². The lowest BCUT2D eigenvalue weighted by atomic mass is 10.0. The Morgan fingerprint density at radius 1 is 0.452 bits per heavy atom. The number of unbranched alkanes of at least 4 members (excludes halogenated alkanes) is 26. The standard InChI is InChI=1S/C37H72O5/c1-3-5-7-9-11-13-15-17-18-19-20-22-23-25-27-29-31-36(39)41-34-35(33-38)42-37(40)32-30-28-26-24-21-16-14-12-10-8-6-4-2/h35,38H,3-34H2,1-2H3/t35-/m0/s1. The van der Waals surface area contributed by atoms with E-state index in [0.29, 0.717) is 12.8 Å². The molecule has 5 heteroatoms. The number of aliphatic hydroxyl groups is 1. The maximum Gasteiger partial charge on any atom is 0.306 e. The number of hydrogen-bond acceptors (Lipinski definition) is 5. The summed E-state index contributed by atoms with van der Waals surface area (Å²) in [6.45, 7) is 4.15. The van der Waals surface area contributed by atoms with E-state index in [2.05, 4.69) is 13.8 Å². The fourth-order valence-electron chi connectivity index (χ4n) is 5.55. The Bertz CT molecular complexity index is 564. The van der Waals surface area contributed by atoms with E-state index in [9.17, 15) is 14.7 Å². The molecule has 0 aromatic heterocycles. The van der Waals surface area contributed by atoms with Gasteiger partial charge in [0.25, 0.3) is 0 Å². The zero-order valence-electron chi connectivity index (χ0n) is 28.3. The number of esters is 2. The summed E-state index contributed by atoms with van der Waals surface area (Å²) in [6.07, 6.45) is 35.8. The minimum atomic E-state index is -0.760. The van der Waals surface area contributed by atoms with Gasteiger partial charge >= 0.3 is 11.9 Å². The highest BCUT2D eigenvalue weighted by Gasteiger charge is 2.16. The number of carbonyl (C=O) groups excluding carboxylic acids is 2. The first-order valence-corrected chi connectivity index (χ1v) is 18.6. The van der Waals surface area contributed by atoms with Crippen molar-refractivity contribution < 1.29 is 24.2 Å². The molecule has 0 spiro atoms. The van der Waals surface area contributed by atoms with Crippen molar-refractivity contribution in [3.63, 3.8) is 0 Å². The van der Waals surface area contributed by atoms with Gasteiger partial charge in [-0.3, -0.25) is 9.59 Å². The second kappa shape index (κ2) is 34.4. The molecule has 0 amide bonds. The van der Waals surface area contributed by atoms with Crippen molar-refractivity contribution in [2.45, 2.75) is 213 Å². The van der Waals surface area contributed by atoms with Gasteiger partial charge in [-0.2, -0.15) is 0 Å². The van der Waals surface area contributed by atoms with Gasteiger partial charge in [0.1, 0.15) is 6.61 Å². The fourth-order valence-corrected chi connectivity index (χ4v) is 5.55. The van der Waals surface area contributed by atoms with E-state index in [1.165, 1.54) is 148 Å². The molecule has 0 aromatic rings. The van der Waals surface area contributed by atoms with Crippen LogP contribution < -0.4 is 0 Å². The minimum Gasteiger partial charge on any atom is -0.462 e. The summed E-state index contributed by atoms with van der Waals surface area (Å²) in [5.74, 6) is -0.578. The molecule has 1 atom stereocenters. The first kappa shape index (κ1) is 40.9. The van der Waals surface area contributed by atoms with Crippen molar-refractivity contribution in [1.29, 1.82) is 0 Å². The highest BCUT2D eigenvalue weighted by Crippen LogP contribution is 2.15. The number of ether oxygens (including phenoxy) is 2. The first-order chi connectivity index (χ1) is 20.6. The smallest absolute Gasteiger partial charge is 0.306 e. The number of aliphatic hydroxyl groups excluding tert-OH is 1. The summed E-state index contributed by atoms with van der Waals surface area (Å²) in [5, 5.41) is 9.52. The third kappa shape index (κ3) is 31.8. The Morgan fingerprint density at radius 2 is 0.738 bits per heavy atom. The van der Waals surface area contributed by atoms with Gasteiger partial charge in [0.2, 0.25) is 0 Å². The first-order valence-electron chi connectivity index (χ1n) is 18.6. The zero-order chi connectivity index (χ0) is 30.8. The number of carbonyl (C=O) groups is 2. The lowest BCUT2D eigenvalue weighted by molar-refractivity contribution is -0.161. The predicted octanol–water partition coefficient (Wildman–Crippen LogP) is 11.2. The Balaban J connectivity index is 3.50. The van der Waals surface area contributed by atoms with E-state index in [1.54, 1.807) is 0 Å². The van der Waals surface area contributed by atoms with Gasteiger partial charge in [-0.25, -0.2) is 0 Å². The monoisotopic (exact) mass is 597 g/mol. The van der Waals surface area contributed by atoms with E-state index >= 15 is 0 Å². The van der Waals surface area contributed by atoms with E-state index in [4.69, 9.17) is 9.47 Å². The zero-order valence-corrected chi connectivity index (χ0v) is 28.3. The van der Waals surface area contributed by atoms with Gasteiger partial charge in [0.15, 0.2) is 6.10 Å². The van der Waals surface area contributed by atoms with E-state index in [1.807, 2.05) is 0 Å². The normalized spacial score (nSPS) is 12.0. The maximum atomic E-state index is 12.1. The summed E-state index contributed by atoms with van der Waals surface area (Å²) in [4.78, 5) is 24.2. The highest BCUT2D eigenvalue weighted by atomic mass is 16.6. The summed E-state index contributed by atoms with van der Waals surface area (Å²) >= 11 is 0. The lowest BCUT2D eigenvalue weighted by Gasteiger charge is -2.15. The molecule has 250 valence electrons. The van der Waals surface area contributed by atoms with Crippen molar-refractivity contribution in [3.8, 4) is 0 Å². The molecular weight excluding hydrogens is 524 g/mol. The molecule has 0 aliphatic carbocycles. The number of hydrogen-bond donors (Lipinski definition) is 1. The van der Waals surface area contributed by atoms with Gasteiger partial charge in [-0.1, -0.05) is 181 Å². The predicted molar refractivity (Wildman–Crippen MR) is 178 cm³/mol. The molecule has 0 aliphatic rings. The molecule has 5 nitrogen and oxygen atoms in total. The molecule has 1 N–H and O–H groups in total. The van der Waals surface area contributed by atoms with Crippen molar-refractivity contribution in [1.82, 2.24) is 0 Å². The summed E-state index contributed by atoms with van der Waals surface area (Å²) in [5.41, 5.74) is 0. The van der Waals surface area contributed by atoms with Crippen LogP contribution >= 0.6 is 0 Å². The average Bonchev–Trinajstić information content (AvgIpc) is 2.99. The quantitative estimate of drug-likeness (QED) is 0.0591. The van der Waals surface area contributed by atoms with Gasteiger partial charge < -0.3 is 14.6 Å². The topological polar surface area (TPSA) is 72.8 Å². The molecule has 0 saturated carbocycles. The summed E-state index contributed by atoms with van der Waals surface area (Å²) < 4.78 is 10.6. The molecule has 0 aromatic carbocycles. The van der Waals surface area contributed by atoms with Crippen molar-refractivity contribution in [3.05, 3.63) is 0 Å². The Morgan fingerprint density at radius 3 is 1.05 bits per heavy atom. The minimum absolute atomic E-state index is 0.0572. The maximum absolute atomic E-state index is 12.1.